The lowest BCUT2D eigenvalue weighted by Crippen LogP contribution is -2.27. The van der Waals surface area contributed by atoms with Crippen molar-refractivity contribution in [1.29, 1.82) is 0 Å². The number of nitrogens with one attached hydrogen (secondary N) is 1. The third-order valence-electron chi connectivity index (χ3n) is 3.58. The molecule has 4 nitrogen and oxygen atoms in total. The first kappa shape index (κ1) is 16.0. The number of hydrazone groups is 1. The molecule has 1 atom stereocenters. The molecule has 0 aliphatic heterocycles. The zero-order valence-electron chi connectivity index (χ0n) is 12.5. The van der Waals surface area contributed by atoms with Gasteiger partial charge in [-0.2, -0.15) is 5.10 Å². The molecule has 0 radical (unpaired) electrons. The third kappa shape index (κ3) is 5.16. The zero-order chi connectivity index (χ0) is 15.2. The Morgan fingerprint density at radius 2 is 2.33 bits per heavy atom. The second-order valence-electron chi connectivity index (χ2n) is 5.61. The first-order chi connectivity index (χ1) is 10.0. The van der Waals surface area contributed by atoms with E-state index in [1.54, 1.807) is 0 Å². The summed E-state index contributed by atoms with van der Waals surface area (Å²) in [4.78, 5) is 11.8. The Morgan fingerprint density at radius 1 is 1.52 bits per heavy atom. The van der Waals surface area contributed by atoms with Crippen molar-refractivity contribution < 1.29 is 9.53 Å². The minimum Gasteiger partial charge on any atom is -0.483 e. The van der Waals surface area contributed by atoms with E-state index in [1.807, 2.05) is 25.1 Å². The largest absolute Gasteiger partial charge is 0.483 e. The van der Waals surface area contributed by atoms with E-state index in [0.29, 0.717) is 11.7 Å². The number of nitrogens with zero attached hydrogens (tertiary/aromatic N) is 1. The standard InChI is InChI=1S/C16H21BrN2O2/c1-11-4-3-5-14(8-11)18-19-16(20)10-21-15-7-6-13(17)9-12(15)2/h6-7,9,11H,3-5,8,10H2,1-2H3,(H,19,20). The topological polar surface area (TPSA) is 50.7 Å². The Hall–Kier alpha value is -1.36. The van der Waals surface area contributed by atoms with Crippen LogP contribution >= 0.6 is 15.9 Å². The van der Waals surface area contributed by atoms with Gasteiger partial charge in [-0.1, -0.05) is 22.9 Å². The molecule has 1 aliphatic rings. The minimum absolute atomic E-state index is 0.0190. The summed E-state index contributed by atoms with van der Waals surface area (Å²) >= 11 is 3.40. The van der Waals surface area contributed by atoms with Gasteiger partial charge in [0.15, 0.2) is 6.61 Å². The lowest BCUT2D eigenvalue weighted by Gasteiger charge is -2.18. The molecule has 1 amide bonds. The average molecular weight is 353 g/mol. The summed E-state index contributed by atoms with van der Waals surface area (Å²) in [6, 6.07) is 5.70. The Kier molecular flexibility index (Phi) is 5.79. The SMILES string of the molecule is Cc1cc(Br)ccc1OCC(=O)NN=C1CCCC(C)C1. The van der Waals surface area contributed by atoms with Crippen LogP contribution in [-0.2, 0) is 4.79 Å². The highest BCUT2D eigenvalue weighted by Gasteiger charge is 2.14. The Balaban J connectivity index is 1.80. The highest BCUT2D eigenvalue weighted by molar-refractivity contribution is 9.10. The molecule has 1 aromatic carbocycles. The highest BCUT2D eigenvalue weighted by Crippen LogP contribution is 2.22. The number of carbonyl (C=O) groups is 1. The van der Waals surface area contributed by atoms with Gasteiger partial charge in [0.25, 0.3) is 5.91 Å². The lowest BCUT2D eigenvalue weighted by molar-refractivity contribution is -0.123. The fourth-order valence-corrected chi connectivity index (χ4v) is 2.93. The summed E-state index contributed by atoms with van der Waals surface area (Å²) in [5.74, 6) is 1.16. The number of hydrogen-bond acceptors (Lipinski definition) is 3. The minimum atomic E-state index is -0.219. The summed E-state index contributed by atoms with van der Waals surface area (Å²) in [5.41, 5.74) is 4.66. The van der Waals surface area contributed by atoms with Gasteiger partial charge in [0.1, 0.15) is 5.75 Å². The van der Waals surface area contributed by atoms with Crippen molar-refractivity contribution in [1.82, 2.24) is 5.43 Å². The first-order valence-corrected chi connectivity index (χ1v) is 8.07. The van der Waals surface area contributed by atoms with Crippen LogP contribution in [0.25, 0.3) is 0 Å². The molecule has 0 aromatic heterocycles. The van der Waals surface area contributed by atoms with E-state index in [9.17, 15) is 4.79 Å². The number of aryl methyl sites for hydroxylation is 1. The van der Waals surface area contributed by atoms with Crippen LogP contribution in [-0.4, -0.2) is 18.2 Å². The molecular weight excluding hydrogens is 332 g/mol. The predicted molar refractivity (Wildman–Crippen MR) is 87.6 cm³/mol. The molecule has 21 heavy (non-hydrogen) atoms. The molecular formula is C16H21BrN2O2. The summed E-state index contributed by atoms with van der Waals surface area (Å²) in [7, 11) is 0. The Bertz CT molecular complexity index is 543. The fourth-order valence-electron chi connectivity index (χ4n) is 2.45. The molecule has 1 aliphatic carbocycles. The Labute approximate surface area is 134 Å². The van der Waals surface area contributed by atoms with Crippen LogP contribution in [0.5, 0.6) is 5.75 Å². The van der Waals surface area contributed by atoms with Crippen LogP contribution in [0.1, 0.15) is 38.2 Å². The molecule has 0 bridgehead atoms. The van der Waals surface area contributed by atoms with Crippen molar-refractivity contribution in [3.05, 3.63) is 28.2 Å². The number of rotatable bonds is 4. The van der Waals surface area contributed by atoms with Crippen molar-refractivity contribution in [3.63, 3.8) is 0 Å². The smallest absolute Gasteiger partial charge is 0.277 e. The summed E-state index contributed by atoms with van der Waals surface area (Å²) in [6.07, 6.45) is 4.37. The molecule has 1 fully saturated rings. The fraction of sp³-hybridized carbons (Fsp3) is 0.500. The predicted octanol–water partition coefficient (Wildman–Crippen LogP) is 3.82. The maximum Gasteiger partial charge on any atom is 0.277 e. The molecule has 0 heterocycles. The number of ether oxygens (including phenoxy) is 1. The van der Waals surface area contributed by atoms with Gasteiger partial charge < -0.3 is 4.74 Å². The second kappa shape index (κ2) is 7.59. The van der Waals surface area contributed by atoms with Crippen LogP contribution < -0.4 is 10.2 Å². The van der Waals surface area contributed by atoms with Crippen LogP contribution in [0.3, 0.4) is 0 Å². The van der Waals surface area contributed by atoms with Gasteiger partial charge in [0.05, 0.1) is 0 Å². The van der Waals surface area contributed by atoms with Crippen LogP contribution in [0.2, 0.25) is 0 Å². The summed E-state index contributed by atoms with van der Waals surface area (Å²) in [5, 5.41) is 4.21. The van der Waals surface area contributed by atoms with E-state index in [-0.39, 0.29) is 12.5 Å². The molecule has 1 aromatic rings. The number of halogens is 1. The third-order valence-corrected chi connectivity index (χ3v) is 4.07. The van der Waals surface area contributed by atoms with E-state index in [0.717, 1.165) is 35.0 Å². The lowest BCUT2D eigenvalue weighted by atomic mass is 9.89. The zero-order valence-corrected chi connectivity index (χ0v) is 14.1. The van der Waals surface area contributed by atoms with E-state index in [2.05, 4.69) is 33.4 Å². The van der Waals surface area contributed by atoms with Crippen LogP contribution in [0.4, 0.5) is 0 Å². The first-order valence-electron chi connectivity index (χ1n) is 7.28. The van der Waals surface area contributed by atoms with E-state index < -0.39 is 0 Å². The van der Waals surface area contributed by atoms with Crippen LogP contribution in [0, 0.1) is 12.8 Å². The number of hydrogen-bond donors (Lipinski definition) is 1. The second-order valence-corrected chi connectivity index (χ2v) is 6.53. The van der Waals surface area contributed by atoms with Gasteiger partial charge in [0.2, 0.25) is 0 Å². The van der Waals surface area contributed by atoms with Crippen molar-refractivity contribution in [2.24, 2.45) is 11.0 Å². The van der Waals surface area contributed by atoms with Crippen molar-refractivity contribution in [2.45, 2.75) is 39.5 Å². The van der Waals surface area contributed by atoms with Gasteiger partial charge in [0, 0.05) is 10.2 Å². The molecule has 2 rings (SSSR count). The molecule has 1 N–H and O–H groups in total. The Morgan fingerprint density at radius 3 is 3.05 bits per heavy atom. The summed E-state index contributed by atoms with van der Waals surface area (Å²) in [6.45, 7) is 4.15. The van der Waals surface area contributed by atoms with Crippen molar-refractivity contribution in [2.75, 3.05) is 6.61 Å². The highest BCUT2D eigenvalue weighted by atomic mass is 79.9. The molecule has 1 saturated carbocycles. The number of carbonyl (C=O) groups excluding carboxylic acids is 1. The quantitative estimate of drug-likeness (QED) is 0.837. The van der Waals surface area contributed by atoms with E-state index in [4.69, 9.17) is 4.74 Å². The van der Waals surface area contributed by atoms with Crippen molar-refractivity contribution in [3.8, 4) is 5.75 Å². The molecule has 1 unspecified atom stereocenters. The molecule has 0 spiro atoms. The molecule has 114 valence electrons. The maximum absolute atomic E-state index is 11.8. The van der Waals surface area contributed by atoms with Crippen LogP contribution in [0.15, 0.2) is 27.8 Å². The number of amides is 1. The van der Waals surface area contributed by atoms with Gasteiger partial charge in [-0.15, -0.1) is 0 Å². The monoisotopic (exact) mass is 352 g/mol. The van der Waals surface area contributed by atoms with Crippen molar-refractivity contribution >= 4 is 27.5 Å². The number of benzene rings is 1. The van der Waals surface area contributed by atoms with Gasteiger partial charge in [-0.3, -0.25) is 4.79 Å². The average Bonchev–Trinajstić information content (AvgIpc) is 2.44. The normalized spacial score (nSPS) is 20.3. The summed E-state index contributed by atoms with van der Waals surface area (Å²) < 4.78 is 6.51. The van der Waals surface area contributed by atoms with Gasteiger partial charge in [-0.05, 0) is 62.3 Å². The maximum atomic E-state index is 11.8. The molecule has 0 saturated heterocycles. The molecule has 5 heteroatoms. The van der Waals surface area contributed by atoms with E-state index >= 15 is 0 Å². The van der Waals surface area contributed by atoms with Gasteiger partial charge in [-0.25, -0.2) is 5.43 Å². The van der Waals surface area contributed by atoms with E-state index in [1.165, 1.54) is 6.42 Å². The van der Waals surface area contributed by atoms with Gasteiger partial charge >= 0.3 is 0 Å².